The van der Waals surface area contributed by atoms with Crippen molar-refractivity contribution in [2.75, 3.05) is 0 Å². The highest BCUT2D eigenvalue weighted by molar-refractivity contribution is 5.79. The molecular weight excluding hydrogens is 252 g/mol. The molecule has 0 aliphatic heterocycles. The van der Waals surface area contributed by atoms with Crippen LogP contribution in [0.5, 0.6) is 0 Å². The van der Waals surface area contributed by atoms with E-state index < -0.39 is 30.0 Å². The van der Waals surface area contributed by atoms with E-state index in [0.717, 1.165) is 24.3 Å². The zero-order valence-electron chi connectivity index (χ0n) is 9.46. The highest BCUT2D eigenvalue weighted by Crippen LogP contribution is 2.33. The molecule has 0 aliphatic carbocycles. The van der Waals surface area contributed by atoms with Gasteiger partial charge in [-0.1, -0.05) is 12.1 Å². The maximum Gasteiger partial charge on any atom is 0.407 e. The van der Waals surface area contributed by atoms with Gasteiger partial charge in [-0.25, -0.2) is 4.39 Å². The Kier molecular flexibility index (Phi) is 4.28. The predicted octanol–water partition coefficient (Wildman–Crippen LogP) is 1.89. The molecule has 0 aliphatic rings. The number of rotatable bonds is 4. The number of hydrogen-bond donors (Lipinski definition) is 2. The third kappa shape index (κ3) is 3.69. The van der Waals surface area contributed by atoms with Crippen molar-refractivity contribution in [3.05, 3.63) is 35.6 Å². The summed E-state index contributed by atoms with van der Waals surface area (Å²) in [5.74, 6) is -1.53. The number of primary amides is 1. The van der Waals surface area contributed by atoms with Gasteiger partial charge in [-0.15, -0.1) is 0 Å². The minimum atomic E-state index is -4.61. The summed E-state index contributed by atoms with van der Waals surface area (Å²) < 4.78 is 51.1. The van der Waals surface area contributed by atoms with Gasteiger partial charge in [0.1, 0.15) is 11.9 Å². The van der Waals surface area contributed by atoms with Gasteiger partial charge < -0.3 is 5.73 Å². The van der Waals surface area contributed by atoms with Crippen LogP contribution in [0.4, 0.5) is 17.6 Å². The van der Waals surface area contributed by atoms with Crippen LogP contribution in [0.25, 0.3) is 0 Å². The van der Waals surface area contributed by atoms with Crippen molar-refractivity contribution in [1.82, 2.24) is 5.32 Å². The zero-order valence-corrected chi connectivity index (χ0v) is 9.46. The van der Waals surface area contributed by atoms with E-state index in [9.17, 15) is 22.4 Å². The molecule has 0 spiro atoms. The van der Waals surface area contributed by atoms with Crippen molar-refractivity contribution >= 4 is 5.91 Å². The van der Waals surface area contributed by atoms with Gasteiger partial charge in [0.05, 0.1) is 6.04 Å². The summed E-state index contributed by atoms with van der Waals surface area (Å²) in [5.41, 5.74) is 4.72. The SMILES string of the molecule is CC(N[C@H](c1ccc(F)cc1)C(F)(F)F)C(N)=O. The second-order valence-electron chi connectivity index (χ2n) is 3.82. The van der Waals surface area contributed by atoms with Crippen LogP contribution in [0.15, 0.2) is 24.3 Å². The molecule has 18 heavy (non-hydrogen) atoms. The molecule has 0 heterocycles. The molecule has 0 bridgehead atoms. The van der Waals surface area contributed by atoms with Gasteiger partial charge in [-0.05, 0) is 24.6 Å². The quantitative estimate of drug-likeness (QED) is 0.816. The number of nitrogens with two attached hydrogens (primary N) is 1. The number of carbonyl (C=O) groups is 1. The molecule has 0 saturated carbocycles. The van der Waals surface area contributed by atoms with Gasteiger partial charge >= 0.3 is 6.18 Å². The number of nitrogens with one attached hydrogen (secondary N) is 1. The predicted molar refractivity (Wildman–Crippen MR) is 57.0 cm³/mol. The number of hydrogen-bond acceptors (Lipinski definition) is 2. The Morgan fingerprint density at radius 3 is 2.17 bits per heavy atom. The fourth-order valence-corrected chi connectivity index (χ4v) is 1.37. The lowest BCUT2D eigenvalue weighted by molar-refractivity contribution is -0.160. The van der Waals surface area contributed by atoms with Crippen LogP contribution in [0.2, 0.25) is 0 Å². The fraction of sp³-hybridized carbons (Fsp3) is 0.364. The van der Waals surface area contributed by atoms with E-state index in [1.807, 2.05) is 0 Å². The Hall–Kier alpha value is -1.63. The zero-order chi connectivity index (χ0) is 13.9. The largest absolute Gasteiger partial charge is 0.407 e. The van der Waals surface area contributed by atoms with Crippen LogP contribution in [-0.4, -0.2) is 18.1 Å². The Bertz CT molecular complexity index is 416. The van der Waals surface area contributed by atoms with Crippen molar-refractivity contribution < 1.29 is 22.4 Å². The van der Waals surface area contributed by atoms with Gasteiger partial charge in [0.15, 0.2) is 0 Å². The van der Waals surface area contributed by atoms with Crippen LogP contribution in [0.1, 0.15) is 18.5 Å². The molecule has 3 N–H and O–H groups in total. The Balaban J connectivity index is 2.99. The smallest absolute Gasteiger partial charge is 0.368 e. The second-order valence-corrected chi connectivity index (χ2v) is 3.82. The topological polar surface area (TPSA) is 55.1 Å². The highest BCUT2D eigenvalue weighted by Gasteiger charge is 2.41. The molecule has 7 heteroatoms. The van der Waals surface area contributed by atoms with Crippen LogP contribution in [-0.2, 0) is 4.79 Å². The molecule has 100 valence electrons. The lowest BCUT2D eigenvalue weighted by atomic mass is 10.1. The third-order valence-electron chi connectivity index (χ3n) is 2.37. The number of benzene rings is 1. The first-order valence-corrected chi connectivity index (χ1v) is 5.09. The summed E-state index contributed by atoms with van der Waals surface area (Å²) in [6, 6.07) is 0.639. The average molecular weight is 264 g/mol. The lowest BCUT2D eigenvalue weighted by Gasteiger charge is -2.24. The van der Waals surface area contributed by atoms with Crippen LogP contribution >= 0.6 is 0 Å². The van der Waals surface area contributed by atoms with Gasteiger partial charge in [0, 0.05) is 0 Å². The summed E-state index contributed by atoms with van der Waals surface area (Å²) >= 11 is 0. The highest BCUT2D eigenvalue weighted by atomic mass is 19.4. The van der Waals surface area contributed by atoms with Crippen LogP contribution < -0.4 is 11.1 Å². The molecule has 1 aromatic carbocycles. The molecule has 0 fully saturated rings. The molecule has 2 atom stereocenters. The summed E-state index contributed by atoms with van der Waals surface area (Å²) in [5, 5.41) is 2.07. The van der Waals surface area contributed by atoms with E-state index in [2.05, 4.69) is 5.32 Å². The molecule has 3 nitrogen and oxygen atoms in total. The van der Waals surface area contributed by atoms with Gasteiger partial charge in [0.2, 0.25) is 5.91 Å². The second kappa shape index (κ2) is 5.34. The molecule has 1 amide bonds. The lowest BCUT2D eigenvalue weighted by Crippen LogP contribution is -2.45. The maximum absolute atomic E-state index is 12.8. The van der Waals surface area contributed by atoms with Crippen molar-refractivity contribution in [3.8, 4) is 0 Å². The summed E-state index contributed by atoms with van der Waals surface area (Å²) in [4.78, 5) is 10.8. The van der Waals surface area contributed by atoms with Crippen LogP contribution in [0.3, 0.4) is 0 Å². The minimum absolute atomic E-state index is 0.183. The number of alkyl halides is 3. The molecule has 1 aromatic rings. The summed E-state index contributed by atoms with van der Waals surface area (Å²) in [6.07, 6.45) is -4.61. The maximum atomic E-state index is 12.8. The fourth-order valence-electron chi connectivity index (χ4n) is 1.37. The number of amides is 1. The van der Waals surface area contributed by atoms with Gasteiger partial charge in [-0.2, -0.15) is 13.2 Å². The number of carbonyl (C=O) groups excluding carboxylic acids is 1. The first kappa shape index (κ1) is 14.4. The van der Waals surface area contributed by atoms with Crippen molar-refractivity contribution in [2.45, 2.75) is 25.2 Å². The van der Waals surface area contributed by atoms with Gasteiger partial charge in [0.25, 0.3) is 0 Å². The molecule has 0 saturated heterocycles. The number of halogens is 4. The molecule has 1 unspecified atom stereocenters. The molecule has 1 rings (SSSR count). The minimum Gasteiger partial charge on any atom is -0.368 e. The standard InChI is InChI=1S/C11H12F4N2O/c1-6(10(16)18)17-9(11(13,14)15)7-2-4-8(12)5-3-7/h2-6,9,17H,1H3,(H2,16,18)/t6?,9-/m1/s1. The molecular formula is C11H12F4N2O. The molecule has 0 radical (unpaired) electrons. The Morgan fingerprint density at radius 1 is 1.28 bits per heavy atom. The van der Waals surface area contributed by atoms with Gasteiger partial charge in [-0.3, -0.25) is 10.1 Å². The van der Waals surface area contributed by atoms with E-state index in [1.165, 1.54) is 6.92 Å². The first-order valence-electron chi connectivity index (χ1n) is 5.09. The van der Waals surface area contributed by atoms with E-state index in [0.29, 0.717) is 0 Å². The Labute approximate surface area is 101 Å². The monoisotopic (exact) mass is 264 g/mol. The van der Waals surface area contributed by atoms with E-state index in [1.54, 1.807) is 0 Å². The Morgan fingerprint density at radius 2 is 1.78 bits per heavy atom. The summed E-state index contributed by atoms with van der Waals surface area (Å²) in [7, 11) is 0. The first-order chi connectivity index (χ1) is 8.21. The summed E-state index contributed by atoms with van der Waals surface area (Å²) in [6.45, 7) is 1.23. The third-order valence-corrected chi connectivity index (χ3v) is 2.37. The van der Waals surface area contributed by atoms with E-state index >= 15 is 0 Å². The van der Waals surface area contributed by atoms with E-state index in [4.69, 9.17) is 5.73 Å². The van der Waals surface area contributed by atoms with Crippen molar-refractivity contribution in [1.29, 1.82) is 0 Å². The van der Waals surface area contributed by atoms with Crippen molar-refractivity contribution in [3.63, 3.8) is 0 Å². The molecule has 0 aromatic heterocycles. The normalized spacial score (nSPS) is 15.2. The van der Waals surface area contributed by atoms with Crippen molar-refractivity contribution in [2.24, 2.45) is 5.73 Å². The van der Waals surface area contributed by atoms with E-state index in [-0.39, 0.29) is 5.56 Å². The van der Waals surface area contributed by atoms with Crippen LogP contribution in [0, 0.1) is 5.82 Å². The average Bonchev–Trinajstić information content (AvgIpc) is 2.25.